The van der Waals surface area contributed by atoms with Crippen LogP contribution in [0.4, 0.5) is 0 Å². The third kappa shape index (κ3) is 6.20. The molecule has 2 N–H and O–H groups in total. The lowest BCUT2D eigenvalue weighted by molar-refractivity contribution is -0.126. The molecule has 2 rings (SSSR count). The third-order valence-corrected chi connectivity index (χ3v) is 4.72. The van der Waals surface area contributed by atoms with Gasteiger partial charge in [-0.1, -0.05) is 38.5 Å². The molecule has 0 saturated heterocycles. The van der Waals surface area contributed by atoms with Crippen LogP contribution in [0.5, 0.6) is 0 Å². The lowest BCUT2D eigenvalue weighted by atomic mass is 9.95. The topological polar surface area (TPSA) is 58.2 Å². The van der Waals surface area contributed by atoms with Gasteiger partial charge in [-0.25, -0.2) is 0 Å². The van der Waals surface area contributed by atoms with E-state index in [1.807, 2.05) is 6.92 Å². The van der Waals surface area contributed by atoms with Gasteiger partial charge in [0, 0.05) is 23.9 Å². The molecule has 1 amide bonds. The number of carbonyl (C=O) groups excluding carboxylic acids is 2. The molecule has 0 radical (unpaired) electrons. The molecule has 0 bridgehead atoms. The Morgan fingerprint density at radius 2 is 1.36 bits per heavy atom. The number of allylic oxidation sites excluding steroid dienone is 2. The summed E-state index contributed by atoms with van der Waals surface area (Å²) in [5.41, 5.74) is 0.891. The molecule has 0 unspecified atom stereocenters. The average molecular weight is 306 g/mol. The first-order valence-corrected chi connectivity index (χ1v) is 8.90. The van der Waals surface area contributed by atoms with E-state index in [1.54, 1.807) is 6.08 Å². The van der Waals surface area contributed by atoms with Crippen molar-refractivity contribution in [1.82, 2.24) is 10.6 Å². The lowest BCUT2D eigenvalue weighted by Gasteiger charge is -2.24. The molecule has 0 heterocycles. The zero-order valence-electron chi connectivity index (χ0n) is 13.8. The summed E-state index contributed by atoms with van der Waals surface area (Å²) in [7, 11) is 0. The molecule has 4 nitrogen and oxygen atoms in total. The van der Waals surface area contributed by atoms with Gasteiger partial charge in [-0.3, -0.25) is 9.59 Å². The molecule has 22 heavy (non-hydrogen) atoms. The highest BCUT2D eigenvalue weighted by atomic mass is 16.2. The highest BCUT2D eigenvalue weighted by Gasteiger charge is 2.17. The Balaban J connectivity index is 1.70. The predicted molar refractivity (Wildman–Crippen MR) is 88.4 cm³/mol. The van der Waals surface area contributed by atoms with E-state index in [0.717, 1.165) is 18.5 Å². The normalized spacial score (nSPS) is 21.4. The predicted octanol–water partition coefficient (Wildman–Crippen LogP) is 3.22. The van der Waals surface area contributed by atoms with Crippen LogP contribution >= 0.6 is 0 Å². The van der Waals surface area contributed by atoms with E-state index in [9.17, 15) is 9.59 Å². The molecule has 2 aliphatic carbocycles. The molecule has 0 aromatic rings. The van der Waals surface area contributed by atoms with E-state index in [2.05, 4.69) is 10.6 Å². The Kier molecular flexibility index (Phi) is 6.94. The number of carbonyl (C=O) groups is 2. The molecule has 2 aliphatic rings. The number of hydrogen-bond donors (Lipinski definition) is 2. The molecule has 4 heteroatoms. The number of amides is 1. The first-order valence-electron chi connectivity index (χ1n) is 8.90. The molecule has 124 valence electrons. The van der Waals surface area contributed by atoms with Crippen LogP contribution in [0, 0.1) is 0 Å². The lowest BCUT2D eigenvalue weighted by Crippen LogP contribution is -2.37. The maximum atomic E-state index is 12.0. The van der Waals surface area contributed by atoms with Crippen molar-refractivity contribution in [1.29, 1.82) is 0 Å². The molecular formula is C18H30N2O2. The van der Waals surface area contributed by atoms with Gasteiger partial charge >= 0.3 is 0 Å². The average Bonchev–Trinajstić information content (AvgIpc) is 2.48. The van der Waals surface area contributed by atoms with Gasteiger partial charge in [0.05, 0.1) is 6.42 Å². The minimum Gasteiger partial charge on any atom is -0.386 e. The van der Waals surface area contributed by atoms with Crippen molar-refractivity contribution in [2.45, 2.75) is 89.6 Å². The van der Waals surface area contributed by atoms with Crippen molar-refractivity contribution < 1.29 is 9.59 Å². The van der Waals surface area contributed by atoms with Gasteiger partial charge in [0.2, 0.25) is 5.91 Å². The Labute approximate surface area is 134 Å². The number of rotatable bonds is 6. The smallest absolute Gasteiger partial charge is 0.228 e. The largest absolute Gasteiger partial charge is 0.386 e. The van der Waals surface area contributed by atoms with Crippen molar-refractivity contribution in [3.63, 3.8) is 0 Å². The Morgan fingerprint density at radius 1 is 0.864 bits per heavy atom. The second-order valence-electron chi connectivity index (χ2n) is 6.85. The van der Waals surface area contributed by atoms with Gasteiger partial charge in [-0.05, 0) is 32.6 Å². The van der Waals surface area contributed by atoms with Crippen molar-refractivity contribution in [3.8, 4) is 0 Å². The number of hydrogen-bond acceptors (Lipinski definition) is 3. The fourth-order valence-corrected chi connectivity index (χ4v) is 3.59. The zero-order chi connectivity index (χ0) is 15.8. The third-order valence-electron chi connectivity index (χ3n) is 4.72. The van der Waals surface area contributed by atoms with Crippen LogP contribution in [0.25, 0.3) is 0 Å². The quantitative estimate of drug-likeness (QED) is 0.585. The van der Waals surface area contributed by atoms with Crippen LogP contribution in [0.3, 0.4) is 0 Å². The fourth-order valence-electron chi connectivity index (χ4n) is 3.59. The van der Waals surface area contributed by atoms with Gasteiger partial charge in [0.15, 0.2) is 5.78 Å². The molecule has 0 aromatic carbocycles. The minimum absolute atomic E-state index is 0.0276. The molecule has 0 aromatic heterocycles. The summed E-state index contributed by atoms with van der Waals surface area (Å²) < 4.78 is 0. The van der Waals surface area contributed by atoms with Crippen molar-refractivity contribution in [2.24, 2.45) is 0 Å². The summed E-state index contributed by atoms with van der Waals surface area (Å²) >= 11 is 0. The minimum atomic E-state index is -0.126. The summed E-state index contributed by atoms with van der Waals surface area (Å²) in [6.45, 7) is 1.92. The van der Waals surface area contributed by atoms with Crippen molar-refractivity contribution >= 4 is 11.7 Å². The highest BCUT2D eigenvalue weighted by molar-refractivity contribution is 6.03. The Bertz CT molecular complexity index is 405. The molecule has 2 saturated carbocycles. The molecule has 0 aliphatic heterocycles. The summed E-state index contributed by atoms with van der Waals surface area (Å²) in [6, 6.07) is 0.772. The molecular weight excluding hydrogens is 276 g/mol. The monoisotopic (exact) mass is 306 g/mol. The van der Waals surface area contributed by atoms with Crippen molar-refractivity contribution in [2.75, 3.05) is 0 Å². The molecule has 0 atom stereocenters. The van der Waals surface area contributed by atoms with Crippen molar-refractivity contribution in [3.05, 3.63) is 11.8 Å². The first-order chi connectivity index (χ1) is 10.6. The Morgan fingerprint density at radius 3 is 1.91 bits per heavy atom. The maximum Gasteiger partial charge on any atom is 0.228 e. The van der Waals surface area contributed by atoms with E-state index in [-0.39, 0.29) is 24.2 Å². The molecule has 0 spiro atoms. The first kappa shape index (κ1) is 17.0. The van der Waals surface area contributed by atoms with Crippen LogP contribution < -0.4 is 10.6 Å². The summed E-state index contributed by atoms with van der Waals surface area (Å²) in [4.78, 5) is 23.9. The van der Waals surface area contributed by atoms with Gasteiger partial charge in [0.1, 0.15) is 0 Å². The van der Waals surface area contributed by atoms with E-state index in [4.69, 9.17) is 0 Å². The van der Waals surface area contributed by atoms with Crippen LogP contribution in [-0.2, 0) is 9.59 Å². The zero-order valence-corrected chi connectivity index (χ0v) is 13.8. The van der Waals surface area contributed by atoms with Gasteiger partial charge in [-0.2, -0.15) is 0 Å². The fraction of sp³-hybridized carbons (Fsp3) is 0.778. The van der Waals surface area contributed by atoms with Gasteiger partial charge in [-0.15, -0.1) is 0 Å². The van der Waals surface area contributed by atoms with Gasteiger partial charge < -0.3 is 10.6 Å². The van der Waals surface area contributed by atoms with Crippen LogP contribution in [0.15, 0.2) is 11.8 Å². The van der Waals surface area contributed by atoms with Gasteiger partial charge in [0.25, 0.3) is 0 Å². The standard InChI is InChI=1S/C18H30N2O2/c1-14(19-15-8-4-2-5-9-15)12-17(21)13-18(22)20-16-10-6-3-7-11-16/h12,15-16,19H,2-11,13H2,1H3,(H,20,22)/b14-12+. The molecule has 2 fully saturated rings. The second-order valence-corrected chi connectivity index (χ2v) is 6.85. The van der Waals surface area contributed by atoms with E-state index >= 15 is 0 Å². The van der Waals surface area contributed by atoms with E-state index in [0.29, 0.717) is 6.04 Å². The number of ketones is 1. The van der Waals surface area contributed by atoms with Crippen LogP contribution in [0.2, 0.25) is 0 Å². The van der Waals surface area contributed by atoms with E-state index < -0.39 is 0 Å². The summed E-state index contributed by atoms with van der Waals surface area (Å²) in [5.74, 6) is -0.229. The number of nitrogens with one attached hydrogen (secondary N) is 2. The summed E-state index contributed by atoms with van der Waals surface area (Å²) in [5, 5.41) is 6.41. The summed E-state index contributed by atoms with van der Waals surface area (Å²) in [6.07, 6.45) is 13.5. The van der Waals surface area contributed by atoms with Crippen LogP contribution in [0.1, 0.15) is 77.6 Å². The van der Waals surface area contributed by atoms with Crippen LogP contribution in [-0.4, -0.2) is 23.8 Å². The Hall–Kier alpha value is -1.32. The highest BCUT2D eigenvalue weighted by Crippen LogP contribution is 2.18. The van der Waals surface area contributed by atoms with E-state index in [1.165, 1.54) is 51.4 Å². The SMILES string of the molecule is C/C(=C\C(=O)CC(=O)NC1CCCCC1)NC1CCCCC1. The maximum absolute atomic E-state index is 12.0. The second kappa shape index (κ2) is 8.96.